The van der Waals surface area contributed by atoms with E-state index in [1.807, 2.05) is 12.1 Å². The lowest BCUT2D eigenvalue weighted by atomic mass is 9.77. The molecule has 0 aliphatic heterocycles. The smallest absolute Gasteiger partial charge is 0.142 e. The van der Waals surface area contributed by atoms with Crippen molar-refractivity contribution in [3.05, 3.63) is 24.8 Å². The Balaban J connectivity index is 0.00000128. The van der Waals surface area contributed by atoms with Crippen molar-refractivity contribution in [2.24, 2.45) is 11.7 Å². The van der Waals surface area contributed by atoms with Gasteiger partial charge < -0.3 is 10.8 Å². The van der Waals surface area contributed by atoms with E-state index in [1.165, 1.54) is 19.3 Å². The van der Waals surface area contributed by atoms with Gasteiger partial charge in [-0.25, -0.2) is 0 Å². The fourth-order valence-electron chi connectivity index (χ4n) is 1.85. The summed E-state index contributed by atoms with van der Waals surface area (Å²) in [5, 5.41) is 9.67. The maximum Gasteiger partial charge on any atom is 0.142 e. The molecule has 0 aromatic heterocycles. The van der Waals surface area contributed by atoms with Gasteiger partial charge in [-0.05, 0) is 81.6 Å². The zero-order chi connectivity index (χ0) is 11.0. The Labute approximate surface area is 129 Å². The van der Waals surface area contributed by atoms with Crippen LogP contribution in [0, 0.1) is 13.1 Å². The molecule has 1 fully saturated rings. The number of aromatic hydroxyl groups is 1. The molecule has 1 aliphatic rings. The summed E-state index contributed by atoms with van der Waals surface area (Å²) in [7, 11) is 0. The van der Waals surface area contributed by atoms with Gasteiger partial charge in [-0.3, -0.25) is 0 Å². The second-order valence-electron chi connectivity index (χ2n) is 4.05. The van der Waals surface area contributed by atoms with Gasteiger partial charge in [0.25, 0.3) is 0 Å². The van der Waals surface area contributed by atoms with E-state index in [2.05, 4.69) is 45.2 Å². The minimum atomic E-state index is 0. The van der Waals surface area contributed by atoms with E-state index in [9.17, 15) is 5.11 Å². The summed E-state index contributed by atoms with van der Waals surface area (Å²) < 4.78 is 1.79. The number of halogens is 3. The maximum absolute atomic E-state index is 9.67. The Morgan fingerprint density at radius 3 is 2.12 bits per heavy atom. The van der Waals surface area contributed by atoms with E-state index in [-0.39, 0.29) is 18.4 Å². The lowest BCUT2D eigenvalue weighted by Crippen LogP contribution is -2.26. The molecule has 2 rings (SSSR count). The van der Waals surface area contributed by atoms with Crippen LogP contribution in [0.3, 0.4) is 0 Å². The molecule has 16 heavy (non-hydrogen) atoms. The predicted octanol–water partition coefficient (Wildman–Crippen LogP) is 3.82. The molecule has 0 unspecified atom stereocenters. The van der Waals surface area contributed by atoms with Crippen molar-refractivity contribution >= 4 is 57.6 Å². The van der Waals surface area contributed by atoms with Crippen molar-refractivity contribution in [1.29, 1.82) is 0 Å². The minimum absolute atomic E-state index is 0. The fraction of sp³-hybridized carbons (Fsp3) is 0.455. The van der Waals surface area contributed by atoms with E-state index in [0.717, 1.165) is 12.7 Å². The molecule has 0 saturated heterocycles. The molecular formula is C11H14ClI2NO. The van der Waals surface area contributed by atoms with Gasteiger partial charge in [0.2, 0.25) is 0 Å². The van der Waals surface area contributed by atoms with Gasteiger partial charge in [0, 0.05) is 6.04 Å². The molecule has 1 atom stereocenters. The minimum Gasteiger partial charge on any atom is -0.506 e. The van der Waals surface area contributed by atoms with Crippen LogP contribution in [0.4, 0.5) is 0 Å². The monoisotopic (exact) mass is 465 g/mol. The Hall–Kier alpha value is 0.730. The molecule has 0 radical (unpaired) electrons. The molecule has 90 valence electrons. The first-order valence-corrected chi connectivity index (χ1v) is 7.19. The molecule has 1 saturated carbocycles. The first-order chi connectivity index (χ1) is 7.09. The number of benzene rings is 1. The highest BCUT2D eigenvalue weighted by atomic mass is 127. The third-order valence-corrected chi connectivity index (χ3v) is 4.73. The van der Waals surface area contributed by atoms with Gasteiger partial charge in [0.15, 0.2) is 0 Å². The first-order valence-electron chi connectivity index (χ1n) is 5.03. The van der Waals surface area contributed by atoms with Crippen LogP contribution in [0.2, 0.25) is 0 Å². The quantitative estimate of drug-likeness (QED) is 0.653. The molecule has 3 N–H and O–H groups in total. The summed E-state index contributed by atoms with van der Waals surface area (Å²) >= 11 is 4.30. The number of nitrogens with two attached hydrogens (primary N) is 1. The van der Waals surface area contributed by atoms with E-state index >= 15 is 0 Å². The van der Waals surface area contributed by atoms with Gasteiger partial charge in [-0.15, -0.1) is 12.4 Å². The number of hydrogen-bond acceptors (Lipinski definition) is 2. The second kappa shape index (κ2) is 6.06. The highest BCUT2D eigenvalue weighted by molar-refractivity contribution is 14.1. The first kappa shape index (κ1) is 14.8. The summed E-state index contributed by atoms with van der Waals surface area (Å²) in [6.45, 7) is 0. The van der Waals surface area contributed by atoms with E-state index in [0.29, 0.717) is 11.7 Å². The van der Waals surface area contributed by atoms with Crippen LogP contribution in [-0.4, -0.2) is 5.11 Å². The Bertz CT molecular complexity index is 359. The van der Waals surface area contributed by atoms with Crippen LogP contribution in [-0.2, 0) is 0 Å². The van der Waals surface area contributed by atoms with Crippen molar-refractivity contribution in [1.82, 2.24) is 0 Å². The lowest BCUT2D eigenvalue weighted by molar-refractivity contribution is 0.264. The van der Waals surface area contributed by atoms with Crippen molar-refractivity contribution in [2.75, 3.05) is 0 Å². The molecule has 0 heterocycles. The fourth-order valence-corrected chi connectivity index (χ4v) is 3.66. The molecular weight excluding hydrogens is 451 g/mol. The summed E-state index contributed by atoms with van der Waals surface area (Å²) in [5.74, 6) is 1.02. The average molecular weight is 466 g/mol. The highest BCUT2D eigenvalue weighted by Gasteiger charge is 2.26. The number of rotatable bonds is 2. The predicted molar refractivity (Wildman–Crippen MR) is 85.1 cm³/mol. The maximum atomic E-state index is 9.67. The summed E-state index contributed by atoms with van der Waals surface area (Å²) in [6, 6.07) is 4.14. The van der Waals surface area contributed by atoms with Crippen LogP contribution in [0.1, 0.15) is 30.9 Å². The number of hydrogen-bond donors (Lipinski definition) is 2. The standard InChI is InChI=1S/C11H13I2NO.ClH/c12-8-4-7(5-9(13)11(8)15)10(14)6-2-1-3-6;/h4-6,10,15H,1-3,14H2;1H/t10-;/m0./s1. The molecule has 5 heteroatoms. The number of phenolic OH excluding ortho intramolecular Hbond substituents is 1. The Morgan fingerprint density at radius 2 is 1.75 bits per heavy atom. The molecule has 1 aromatic carbocycles. The molecule has 0 spiro atoms. The second-order valence-corrected chi connectivity index (χ2v) is 6.37. The lowest BCUT2D eigenvalue weighted by Gasteiger charge is -2.31. The zero-order valence-corrected chi connectivity index (χ0v) is 13.8. The Morgan fingerprint density at radius 1 is 1.25 bits per heavy atom. The van der Waals surface area contributed by atoms with E-state index in [1.54, 1.807) is 0 Å². The third-order valence-electron chi connectivity index (χ3n) is 3.08. The van der Waals surface area contributed by atoms with Gasteiger partial charge in [-0.1, -0.05) is 6.42 Å². The summed E-state index contributed by atoms with van der Waals surface area (Å²) in [6.07, 6.45) is 3.80. The Kier molecular flexibility index (Phi) is 5.60. The average Bonchev–Trinajstić information content (AvgIpc) is 2.10. The third kappa shape index (κ3) is 2.94. The largest absolute Gasteiger partial charge is 0.506 e. The van der Waals surface area contributed by atoms with Gasteiger partial charge >= 0.3 is 0 Å². The summed E-state index contributed by atoms with van der Waals surface area (Å²) in [4.78, 5) is 0. The number of phenols is 1. The summed E-state index contributed by atoms with van der Waals surface area (Å²) in [5.41, 5.74) is 7.36. The highest BCUT2D eigenvalue weighted by Crippen LogP contribution is 2.38. The molecule has 0 bridgehead atoms. The molecule has 0 amide bonds. The van der Waals surface area contributed by atoms with Gasteiger partial charge in [-0.2, -0.15) is 0 Å². The van der Waals surface area contributed by atoms with Crippen molar-refractivity contribution in [3.63, 3.8) is 0 Å². The zero-order valence-electron chi connectivity index (χ0n) is 8.62. The van der Waals surface area contributed by atoms with Crippen LogP contribution in [0.25, 0.3) is 0 Å². The van der Waals surface area contributed by atoms with E-state index in [4.69, 9.17) is 5.73 Å². The van der Waals surface area contributed by atoms with Crippen LogP contribution < -0.4 is 5.73 Å². The van der Waals surface area contributed by atoms with Crippen LogP contribution in [0.5, 0.6) is 5.75 Å². The topological polar surface area (TPSA) is 46.2 Å². The van der Waals surface area contributed by atoms with Crippen molar-refractivity contribution in [2.45, 2.75) is 25.3 Å². The SMILES string of the molecule is Cl.N[C@H](c1cc(I)c(O)c(I)c1)C1CCC1. The molecule has 1 aromatic rings. The van der Waals surface area contributed by atoms with Crippen LogP contribution in [0.15, 0.2) is 12.1 Å². The molecule has 2 nitrogen and oxygen atoms in total. The van der Waals surface area contributed by atoms with Crippen LogP contribution >= 0.6 is 57.6 Å². The van der Waals surface area contributed by atoms with Gasteiger partial charge in [0.1, 0.15) is 5.75 Å². The normalized spacial score (nSPS) is 17.4. The van der Waals surface area contributed by atoms with E-state index < -0.39 is 0 Å². The van der Waals surface area contributed by atoms with Crippen molar-refractivity contribution in [3.8, 4) is 5.75 Å². The van der Waals surface area contributed by atoms with Crippen molar-refractivity contribution < 1.29 is 5.11 Å². The molecule has 1 aliphatic carbocycles. The van der Waals surface area contributed by atoms with Gasteiger partial charge in [0.05, 0.1) is 7.14 Å².